The topological polar surface area (TPSA) is 79.2 Å². The van der Waals surface area contributed by atoms with Crippen LogP contribution in [0.5, 0.6) is 0 Å². The van der Waals surface area contributed by atoms with E-state index in [0.717, 1.165) is 0 Å². The van der Waals surface area contributed by atoms with Gasteiger partial charge in [0.2, 0.25) is 0 Å². The van der Waals surface area contributed by atoms with E-state index in [-0.39, 0.29) is 13.2 Å². The zero-order valence-electron chi connectivity index (χ0n) is 8.56. The van der Waals surface area contributed by atoms with Gasteiger partial charge in [-0.15, -0.1) is 0 Å². The van der Waals surface area contributed by atoms with Crippen LogP contribution in [-0.2, 0) is 9.47 Å². The van der Waals surface area contributed by atoms with E-state index in [4.69, 9.17) is 19.7 Å². The van der Waals surface area contributed by atoms with Gasteiger partial charge in [-0.05, 0) is 12.8 Å². The second-order valence-corrected chi connectivity index (χ2v) is 3.16. The number of hydrogen-bond donors (Lipinski definition) is 3. The predicted octanol–water partition coefficient (Wildman–Crippen LogP) is -0.856. The molecule has 0 aromatic heterocycles. The quantitative estimate of drug-likeness (QED) is 0.430. The molecule has 0 radical (unpaired) electrons. The van der Waals surface area contributed by atoms with Crippen LogP contribution >= 0.6 is 0 Å². The number of aliphatic hydroxyl groups is 3. The SMILES string of the molecule is COCC(O)CCCOCC(O)CO. The molecule has 0 heterocycles. The summed E-state index contributed by atoms with van der Waals surface area (Å²) in [5.41, 5.74) is 0. The van der Waals surface area contributed by atoms with Crippen LogP contribution in [0.4, 0.5) is 0 Å². The molecule has 0 spiro atoms. The smallest absolute Gasteiger partial charge is 0.100 e. The van der Waals surface area contributed by atoms with Crippen molar-refractivity contribution in [3.8, 4) is 0 Å². The van der Waals surface area contributed by atoms with E-state index < -0.39 is 12.2 Å². The highest BCUT2D eigenvalue weighted by molar-refractivity contribution is 4.54. The Kier molecular flexibility index (Phi) is 9.23. The molecule has 5 heteroatoms. The van der Waals surface area contributed by atoms with Crippen molar-refractivity contribution in [2.75, 3.05) is 33.5 Å². The molecule has 0 aromatic carbocycles. The van der Waals surface area contributed by atoms with E-state index in [1.807, 2.05) is 0 Å². The summed E-state index contributed by atoms with van der Waals surface area (Å²) in [7, 11) is 1.54. The van der Waals surface area contributed by atoms with Gasteiger partial charge in [-0.25, -0.2) is 0 Å². The van der Waals surface area contributed by atoms with Crippen molar-refractivity contribution < 1.29 is 24.8 Å². The van der Waals surface area contributed by atoms with Crippen molar-refractivity contribution in [2.24, 2.45) is 0 Å². The molecule has 86 valence electrons. The Bertz CT molecular complexity index is 120. The first-order valence-electron chi connectivity index (χ1n) is 4.74. The fraction of sp³-hybridized carbons (Fsp3) is 1.00. The van der Waals surface area contributed by atoms with Crippen molar-refractivity contribution >= 4 is 0 Å². The van der Waals surface area contributed by atoms with E-state index in [0.29, 0.717) is 26.1 Å². The Hall–Kier alpha value is -0.200. The standard InChI is InChI=1S/C9H20O5/c1-13-6-8(11)3-2-4-14-7-9(12)5-10/h8-12H,2-7H2,1H3. The van der Waals surface area contributed by atoms with E-state index in [9.17, 15) is 5.11 Å². The van der Waals surface area contributed by atoms with Crippen molar-refractivity contribution in [1.29, 1.82) is 0 Å². The summed E-state index contributed by atoms with van der Waals surface area (Å²) in [4.78, 5) is 0. The molecule has 0 fully saturated rings. The van der Waals surface area contributed by atoms with Crippen LogP contribution < -0.4 is 0 Å². The Morgan fingerprint density at radius 1 is 1.14 bits per heavy atom. The maximum Gasteiger partial charge on any atom is 0.100 e. The molecular formula is C9H20O5. The maximum absolute atomic E-state index is 9.23. The van der Waals surface area contributed by atoms with Gasteiger partial charge in [0.15, 0.2) is 0 Å². The zero-order chi connectivity index (χ0) is 10.8. The van der Waals surface area contributed by atoms with Crippen LogP contribution in [0, 0.1) is 0 Å². The molecule has 0 saturated heterocycles. The normalized spacial score (nSPS) is 15.4. The summed E-state index contributed by atoms with van der Waals surface area (Å²) >= 11 is 0. The van der Waals surface area contributed by atoms with Gasteiger partial charge >= 0.3 is 0 Å². The van der Waals surface area contributed by atoms with Crippen molar-refractivity contribution in [3.63, 3.8) is 0 Å². The Morgan fingerprint density at radius 3 is 2.43 bits per heavy atom. The lowest BCUT2D eigenvalue weighted by Gasteiger charge is -2.10. The van der Waals surface area contributed by atoms with Crippen LogP contribution in [0.2, 0.25) is 0 Å². The number of ether oxygens (including phenoxy) is 2. The van der Waals surface area contributed by atoms with Gasteiger partial charge in [-0.1, -0.05) is 0 Å². The van der Waals surface area contributed by atoms with Crippen molar-refractivity contribution in [2.45, 2.75) is 25.0 Å². The summed E-state index contributed by atoms with van der Waals surface area (Å²) in [5, 5.41) is 26.6. The molecule has 5 nitrogen and oxygen atoms in total. The minimum Gasteiger partial charge on any atom is -0.394 e. The van der Waals surface area contributed by atoms with Crippen molar-refractivity contribution in [1.82, 2.24) is 0 Å². The summed E-state index contributed by atoms with van der Waals surface area (Å²) in [5.74, 6) is 0. The monoisotopic (exact) mass is 208 g/mol. The summed E-state index contributed by atoms with van der Waals surface area (Å²) in [6.07, 6.45) is 0.0661. The van der Waals surface area contributed by atoms with Crippen molar-refractivity contribution in [3.05, 3.63) is 0 Å². The fourth-order valence-corrected chi connectivity index (χ4v) is 0.969. The van der Waals surface area contributed by atoms with Gasteiger partial charge in [0.25, 0.3) is 0 Å². The third kappa shape index (κ3) is 8.40. The third-order valence-electron chi connectivity index (χ3n) is 1.71. The van der Waals surface area contributed by atoms with Gasteiger partial charge in [0.05, 0.1) is 25.9 Å². The molecule has 0 rings (SSSR count). The first kappa shape index (κ1) is 13.8. The Labute approximate surface area is 84.3 Å². The number of rotatable bonds is 9. The first-order valence-corrected chi connectivity index (χ1v) is 4.74. The largest absolute Gasteiger partial charge is 0.394 e. The Morgan fingerprint density at radius 2 is 1.86 bits per heavy atom. The lowest BCUT2D eigenvalue weighted by molar-refractivity contribution is 0.0000106. The van der Waals surface area contributed by atoms with E-state index in [2.05, 4.69) is 0 Å². The highest BCUT2D eigenvalue weighted by Gasteiger charge is 2.04. The average molecular weight is 208 g/mol. The lowest BCUT2D eigenvalue weighted by Crippen LogP contribution is -2.20. The third-order valence-corrected chi connectivity index (χ3v) is 1.71. The van der Waals surface area contributed by atoms with Crippen LogP contribution in [0.3, 0.4) is 0 Å². The van der Waals surface area contributed by atoms with Crippen LogP contribution in [-0.4, -0.2) is 61.1 Å². The van der Waals surface area contributed by atoms with Gasteiger partial charge in [0.1, 0.15) is 6.10 Å². The highest BCUT2D eigenvalue weighted by atomic mass is 16.5. The van der Waals surface area contributed by atoms with E-state index in [1.165, 1.54) is 7.11 Å². The summed E-state index contributed by atoms with van der Waals surface area (Å²) in [6, 6.07) is 0. The number of aliphatic hydroxyl groups excluding tert-OH is 3. The van der Waals surface area contributed by atoms with Gasteiger partial charge in [0, 0.05) is 13.7 Å². The maximum atomic E-state index is 9.23. The summed E-state index contributed by atoms with van der Waals surface area (Å²) in [6.45, 7) is 0.653. The molecule has 0 aliphatic carbocycles. The van der Waals surface area contributed by atoms with Crippen LogP contribution in [0.15, 0.2) is 0 Å². The molecule has 0 aliphatic rings. The molecule has 3 N–H and O–H groups in total. The Balaban J connectivity index is 3.13. The summed E-state index contributed by atoms with van der Waals surface area (Å²) < 4.78 is 9.81. The van der Waals surface area contributed by atoms with E-state index >= 15 is 0 Å². The van der Waals surface area contributed by atoms with Gasteiger partial charge in [-0.2, -0.15) is 0 Å². The minimum absolute atomic E-state index is 0.136. The highest BCUT2D eigenvalue weighted by Crippen LogP contribution is 1.98. The molecule has 0 amide bonds. The predicted molar refractivity (Wildman–Crippen MR) is 51.0 cm³/mol. The number of methoxy groups -OCH3 is 1. The lowest BCUT2D eigenvalue weighted by atomic mass is 10.2. The molecule has 0 aliphatic heterocycles. The molecule has 14 heavy (non-hydrogen) atoms. The second kappa shape index (κ2) is 9.36. The molecule has 0 saturated carbocycles. The van der Waals surface area contributed by atoms with Gasteiger partial charge < -0.3 is 24.8 Å². The molecular weight excluding hydrogens is 188 g/mol. The fourth-order valence-electron chi connectivity index (χ4n) is 0.969. The number of hydrogen-bond acceptors (Lipinski definition) is 5. The second-order valence-electron chi connectivity index (χ2n) is 3.16. The first-order chi connectivity index (χ1) is 6.70. The average Bonchev–Trinajstić information content (AvgIpc) is 2.17. The molecule has 0 aromatic rings. The molecule has 2 atom stereocenters. The molecule has 2 unspecified atom stereocenters. The zero-order valence-corrected chi connectivity index (χ0v) is 8.56. The van der Waals surface area contributed by atoms with E-state index in [1.54, 1.807) is 0 Å². The van der Waals surface area contributed by atoms with Crippen LogP contribution in [0.25, 0.3) is 0 Å². The molecule has 0 bridgehead atoms. The van der Waals surface area contributed by atoms with Crippen LogP contribution in [0.1, 0.15) is 12.8 Å². The van der Waals surface area contributed by atoms with Gasteiger partial charge in [-0.3, -0.25) is 0 Å². The minimum atomic E-state index is -0.807.